The van der Waals surface area contributed by atoms with Crippen LogP contribution in [0.2, 0.25) is 0 Å². The van der Waals surface area contributed by atoms with Crippen molar-refractivity contribution in [1.82, 2.24) is 0 Å². The summed E-state index contributed by atoms with van der Waals surface area (Å²) in [5.74, 6) is 0. The Morgan fingerprint density at radius 1 is 0.938 bits per heavy atom. The van der Waals surface area contributed by atoms with E-state index in [2.05, 4.69) is 12.1 Å². The van der Waals surface area contributed by atoms with Gasteiger partial charge in [0.05, 0.1) is 0 Å². The predicted octanol–water partition coefficient (Wildman–Crippen LogP) is -0.118. The third-order valence-electron chi connectivity index (χ3n) is 1.88. The van der Waals surface area contributed by atoms with Crippen LogP contribution in [0.4, 0.5) is 0 Å². The molecule has 0 spiro atoms. The number of hydrogen-bond donors (Lipinski definition) is 4. The van der Waals surface area contributed by atoms with E-state index in [-0.39, 0.29) is 39.4 Å². The predicted molar refractivity (Wildman–Crippen MR) is 69.2 cm³/mol. The van der Waals surface area contributed by atoms with Gasteiger partial charge in [0.1, 0.15) is 0 Å². The quantitative estimate of drug-likeness (QED) is 0.327. The van der Waals surface area contributed by atoms with Gasteiger partial charge in [0.15, 0.2) is 0 Å². The number of benzene rings is 1. The van der Waals surface area contributed by atoms with Crippen LogP contribution < -0.4 is 11.5 Å². The molecule has 6 heteroatoms. The second-order valence-corrected chi connectivity index (χ2v) is 7.34. The maximum atomic E-state index is 7.24. The summed E-state index contributed by atoms with van der Waals surface area (Å²) in [7, 11) is 0. The van der Waals surface area contributed by atoms with E-state index in [1.54, 1.807) is 0 Å². The second-order valence-electron chi connectivity index (χ2n) is 3.07. The molecule has 0 fully saturated rings. The van der Waals surface area contributed by atoms with Crippen LogP contribution >= 0.6 is 0 Å². The molecule has 0 heterocycles. The second kappa shape index (κ2) is 6.71. The van der Waals surface area contributed by atoms with Gasteiger partial charge in [-0.05, 0) is 0 Å². The number of rotatable bonds is 6. The van der Waals surface area contributed by atoms with E-state index in [0.717, 1.165) is 10.6 Å². The molecule has 0 radical (unpaired) electrons. The van der Waals surface area contributed by atoms with Crippen LogP contribution in [0.25, 0.3) is 0 Å². The minimum absolute atomic E-state index is 0.0410. The molecule has 0 saturated carbocycles. The Hall–Kier alpha value is -0.801. The van der Waals surface area contributed by atoms with Gasteiger partial charge in [0.25, 0.3) is 0 Å². The van der Waals surface area contributed by atoms with Crippen molar-refractivity contribution in [3.8, 4) is 0 Å². The van der Waals surface area contributed by atoms with Crippen molar-refractivity contribution >= 4 is 39.4 Å². The number of hydrogen-bond acceptors (Lipinski definition) is 2. The number of nitrogens with two attached hydrogens (primary N) is 2. The topological polar surface area (TPSA) is 99.7 Å². The Kier molecular flexibility index (Phi) is 5.56. The standard InChI is InChI=1S/C10H14N4Se2/c11-9(12)15-5-7-3-1-2-4-8(7)6-16-10(13)14/h1-4H,5-6H2,(H3,11,12)(H3,13,14). The van der Waals surface area contributed by atoms with Crippen LogP contribution in [0.15, 0.2) is 24.3 Å². The molecule has 0 atom stereocenters. The Balaban J connectivity index is 2.67. The van der Waals surface area contributed by atoms with Crippen LogP contribution in [-0.2, 0) is 10.6 Å². The van der Waals surface area contributed by atoms with E-state index in [4.69, 9.17) is 22.3 Å². The van der Waals surface area contributed by atoms with Gasteiger partial charge in [-0.3, -0.25) is 0 Å². The molecule has 0 amide bonds. The van der Waals surface area contributed by atoms with Gasteiger partial charge in [0, 0.05) is 0 Å². The first-order valence-electron chi connectivity index (χ1n) is 4.60. The Labute approximate surface area is 108 Å². The number of nitrogens with one attached hydrogen (secondary N) is 2. The van der Waals surface area contributed by atoms with Crippen molar-refractivity contribution in [2.75, 3.05) is 0 Å². The van der Waals surface area contributed by atoms with E-state index in [1.807, 2.05) is 12.1 Å². The van der Waals surface area contributed by atoms with Gasteiger partial charge >= 0.3 is 108 Å². The van der Waals surface area contributed by atoms with Crippen molar-refractivity contribution in [2.45, 2.75) is 10.6 Å². The first-order valence-corrected chi connectivity index (χ1v) is 8.73. The average molecular weight is 348 g/mol. The fourth-order valence-corrected chi connectivity index (χ4v) is 3.64. The molecule has 4 nitrogen and oxygen atoms in total. The van der Waals surface area contributed by atoms with E-state index in [1.165, 1.54) is 11.1 Å². The van der Waals surface area contributed by atoms with Crippen LogP contribution in [0.5, 0.6) is 0 Å². The Morgan fingerprint density at radius 2 is 1.31 bits per heavy atom. The fourth-order valence-electron chi connectivity index (χ4n) is 1.15. The van der Waals surface area contributed by atoms with Gasteiger partial charge < -0.3 is 0 Å². The summed E-state index contributed by atoms with van der Waals surface area (Å²) in [5.41, 5.74) is 13.2. The summed E-state index contributed by atoms with van der Waals surface area (Å²) in [6.07, 6.45) is 0. The molecule has 6 N–H and O–H groups in total. The SMILES string of the molecule is N=C(N)[Se]Cc1ccccc1C[Se]C(=N)N. The molecular formula is C10H14N4Se2. The third-order valence-corrected chi connectivity index (χ3v) is 5.10. The molecule has 16 heavy (non-hydrogen) atoms. The first kappa shape index (κ1) is 13.3. The molecule has 0 saturated heterocycles. The van der Waals surface area contributed by atoms with E-state index in [9.17, 15) is 0 Å². The van der Waals surface area contributed by atoms with Crippen LogP contribution in [0.1, 0.15) is 11.1 Å². The van der Waals surface area contributed by atoms with Crippen molar-refractivity contribution in [3.05, 3.63) is 35.4 Å². The molecule has 1 aromatic rings. The van der Waals surface area contributed by atoms with Crippen LogP contribution in [-0.4, -0.2) is 39.4 Å². The van der Waals surface area contributed by atoms with Gasteiger partial charge in [-0.15, -0.1) is 0 Å². The molecule has 1 rings (SSSR count). The molecule has 0 unspecified atom stereocenters. The van der Waals surface area contributed by atoms with E-state index in [0.29, 0.717) is 0 Å². The molecule has 0 aromatic heterocycles. The molecular weight excluding hydrogens is 334 g/mol. The van der Waals surface area contributed by atoms with Gasteiger partial charge in [-0.1, -0.05) is 0 Å². The summed E-state index contributed by atoms with van der Waals surface area (Å²) in [6.45, 7) is 0. The summed E-state index contributed by atoms with van der Waals surface area (Å²) < 4.78 is 0.554. The molecule has 1 aromatic carbocycles. The van der Waals surface area contributed by atoms with Crippen molar-refractivity contribution < 1.29 is 0 Å². The molecule has 0 aliphatic carbocycles. The third kappa shape index (κ3) is 4.81. The molecule has 0 bridgehead atoms. The number of amidine groups is 2. The normalized spacial score (nSPS) is 10.0. The zero-order valence-electron chi connectivity index (χ0n) is 8.69. The summed E-state index contributed by atoms with van der Waals surface area (Å²) >= 11 is 0.0820. The summed E-state index contributed by atoms with van der Waals surface area (Å²) in [5, 5.41) is 16.2. The summed E-state index contributed by atoms with van der Waals surface area (Å²) in [6, 6.07) is 8.12. The van der Waals surface area contributed by atoms with Gasteiger partial charge in [0.2, 0.25) is 0 Å². The summed E-state index contributed by atoms with van der Waals surface area (Å²) in [4.78, 5) is 0. The van der Waals surface area contributed by atoms with E-state index >= 15 is 0 Å². The van der Waals surface area contributed by atoms with E-state index < -0.39 is 0 Å². The average Bonchev–Trinajstić information content (AvgIpc) is 2.24. The monoisotopic (exact) mass is 350 g/mol. The maximum absolute atomic E-state index is 7.24. The first-order chi connectivity index (χ1) is 7.59. The Bertz CT molecular complexity index is 355. The molecule has 0 aliphatic rings. The van der Waals surface area contributed by atoms with Crippen LogP contribution in [0, 0.1) is 10.8 Å². The zero-order chi connectivity index (χ0) is 12.0. The minimum atomic E-state index is 0.0410. The van der Waals surface area contributed by atoms with Crippen molar-refractivity contribution in [3.63, 3.8) is 0 Å². The zero-order valence-corrected chi connectivity index (χ0v) is 12.1. The molecule has 0 aliphatic heterocycles. The van der Waals surface area contributed by atoms with Gasteiger partial charge in [-0.25, -0.2) is 0 Å². The van der Waals surface area contributed by atoms with Crippen molar-refractivity contribution in [1.29, 1.82) is 10.8 Å². The molecule has 86 valence electrons. The van der Waals surface area contributed by atoms with Gasteiger partial charge in [-0.2, -0.15) is 0 Å². The Morgan fingerprint density at radius 3 is 1.62 bits per heavy atom. The fraction of sp³-hybridized carbons (Fsp3) is 0.200. The van der Waals surface area contributed by atoms with Crippen LogP contribution in [0.3, 0.4) is 0 Å². The van der Waals surface area contributed by atoms with Crippen molar-refractivity contribution in [2.24, 2.45) is 11.5 Å².